The first-order chi connectivity index (χ1) is 8.99. The maximum atomic E-state index is 12.2. The molecule has 0 bridgehead atoms. The average Bonchev–Trinajstić information content (AvgIpc) is 2.76. The van der Waals surface area contributed by atoms with Gasteiger partial charge in [-0.15, -0.1) is 0 Å². The molecule has 0 aliphatic carbocycles. The van der Waals surface area contributed by atoms with Crippen LogP contribution in [0.25, 0.3) is 0 Å². The van der Waals surface area contributed by atoms with Crippen LogP contribution in [0.3, 0.4) is 0 Å². The zero-order valence-electron chi connectivity index (χ0n) is 11.2. The molecule has 1 aromatic carbocycles. The van der Waals surface area contributed by atoms with E-state index >= 15 is 0 Å². The molecule has 1 saturated heterocycles. The summed E-state index contributed by atoms with van der Waals surface area (Å²) < 4.78 is 6.30. The van der Waals surface area contributed by atoms with Gasteiger partial charge in [0.15, 0.2) is 0 Å². The van der Waals surface area contributed by atoms with Crippen molar-refractivity contribution >= 4 is 27.5 Å². The van der Waals surface area contributed by atoms with Gasteiger partial charge in [0.1, 0.15) is 0 Å². The Balaban J connectivity index is 2.04. The topological polar surface area (TPSA) is 64.4 Å². The Morgan fingerprint density at radius 3 is 2.95 bits per heavy atom. The number of nitrogens with one attached hydrogen (secondary N) is 1. The van der Waals surface area contributed by atoms with E-state index in [1.54, 1.807) is 12.1 Å². The highest BCUT2D eigenvalue weighted by molar-refractivity contribution is 9.10. The van der Waals surface area contributed by atoms with E-state index in [2.05, 4.69) is 21.2 Å². The molecule has 4 nitrogen and oxygen atoms in total. The van der Waals surface area contributed by atoms with Gasteiger partial charge in [-0.25, -0.2) is 0 Å². The summed E-state index contributed by atoms with van der Waals surface area (Å²) in [6.07, 6.45) is 1.22. The second-order valence-corrected chi connectivity index (χ2v) is 5.92. The van der Waals surface area contributed by atoms with Gasteiger partial charge in [0, 0.05) is 34.8 Å². The van der Waals surface area contributed by atoms with Crippen LogP contribution >= 0.6 is 15.9 Å². The molecule has 0 spiro atoms. The zero-order valence-corrected chi connectivity index (χ0v) is 12.8. The molecule has 2 rings (SSSR count). The Hall–Kier alpha value is -1.07. The van der Waals surface area contributed by atoms with E-state index in [9.17, 15) is 4.79 Å². The third-order valence-corrected chi connectivity index (χ3v) is 4.17. The molecule has 3 N–H and O–H groups in total. The first-order valence-corrected chi connectivity index (χ1v) is 7.23. The lowest BCUT2D eigenvalue weighted by atomic mass is 10.0. The second kappa shape index (κ2) is 5.92. The van der Waals surface area contributed by atoms with Crippen LogP contribution in [0.5, 0.6) is 0 Å². The van der Waals surface area contributed by atoms with Crippen LogP contribution < -0.4 is 11.1 Å². The number of anilines is 1. The van der Waals surface area contributed by atoms with Crippen LogP contribution in [-0.4, -0.2) is 25.2 Å². The van der Waals surface area contributed by atoms with Crippen LogP contribution in [0.2, 0.25) is 0 Å². The summed E-state index contributed by atoms with van der Waals surface area (Å²) in [5.74, 6) is 0.318. The Kier molecular flexibility index (Phi) is 4.47. The molecular weight excluding hydrogens is 308 g/mol. The molecule has 1 fully saturated rings. The number of amides is 1. The summed E-state index contributed by atoms with van der Waals surface area (Å²) >= 11 is 3.36. The van der Waals surface area contributed by atoms with E-state index in [0.29, 0.717) is 23.7 Å². The van der Waals surface area contributed by atoms with Crippen LogP contribution in [0.1, 0.15) is 29.3 Å². The van der Waals surface area contributed by atoms with Crippen molar-refractivity contribution in [3.8, 4) is 0 Å². The summed E-state index contributed by atoms with van der Waals surface area (Å²) in [6.45, 7) is 5.33. The molecule has 1 amide bonds. The van der Waals surface area contributed by atoms with Crippen molar-refractivity contribution in [2.75, 3.05) is 18.9 Å². The minimum Gasteiger partial charge on any atom is -0.398 e. The highest BCUT2D eigenvalue weighted by Gasteiger charge is 2.24. The number of hydrogen-bond donors (Lipinski definition) is 2. The lowest BCUT2D eigenvalue weighted by molar-refractivity contribution is 0.0907. The molecule has 1 aliphatic heterocycles. The zero-order chi connectivity index (χ0) is 14.0. The second-order valence-electron chi connectivity index (χ2n) is 5.00. The fraction of sp³-hybridized carbons (Fsp3) is 0.500. The number of ether oxygens (including phenoxy) is 1. The highest BCUT2D eigenvalue weighted by atomic mass is 79.9. The molecule has 1 aromatic rings. The number of carbonyl (C=O) groups excluding carboxylic acids is 1. The summed E-state index contributed by atoms with van der Waals surface area (Å²) in [7, 11) is 0. The van der Waals surface area contributed by atoms with E-state index in [-0.39, 0.29) is 12.0 Å². The lowest BCUT2D eigenvalue weighted by Gasteiger charge is -2.16. The predicted molar refractivity (Wildman–Crippen MR) is 79.1 cm³/mol. The van der Waals surface area contributed by atoms with Gasteiger partial charge in [-0.05, 0) is 38.0 Å². The Morgan fingerprint density at radius 2 is 2.32 bits per heavy atom. The maximum absolute atomic E-state index is 12.2. The van der Waals surface area contributed by atoms with Crippen molar-refractivity contribution in [3.63, 3.8) is 0 Å². The highest BCUT2D eigenvalue weighted by Crippen LogP contribution is 2.23. The maximum Gasteiger partial charge on any atom is 0.251 e. The third kappa shape index (κ3) is 3.28. The van der Waals surface area contributed by atoms with Crippen LogP contribution in [-0.2, 0) is 4.74 Å². The van der Waals surface area contributed by atoms with E-state index in [1.165, 1.54) is 0 Å². The van der Waals surface area contributed by atoms with Gasteiger partial charge in [0.25, 0.3) is 5.91 Å². The minimum atomic E-state index is -0.0791. The van der Waals surface area contributed by atoms with Gasteiger partial charge >= 0.3 is 0 Å². The first kappa shape index (κ1) is 14.3. The van der Waals surface area contributed by atoms with Crippen LogP contribution in [0.4, 0.5) is 5.69 Å². The van der Waals surface area contributed by atoms with Gasteiger partial charge < -0.3 is 15.8 Å². The fourth-order valence-electron chi connectivity index (χ4n) is 2.30. The molecule has 0 radical (unpaired) electrons. The SMILES string of the molecule is Cc1c(N)cc(Br)cc1C(=O)NCC1CCOC1C. The van der Waals surface area contributed by atoms with E-state index in [4.69, 9.17) is 10.5 Å². The summed E-state index contributed by atoms with van der Waals surface area (Å²) in [6, 6.07) is 3.61. The quantitative estimate of drug-likeness (QED) is 0.839. The number of carbonyl (C=O) groups is 1. The van der Waals surface area contributed by atoms with Gasteiger partial charge in [-0.3, -0.25) is 4.79 Å². The predicted octanol–water partition coefficient (Wildman–Crippen LogP) is 2.49. The lowest BCUT2D eigenvalue weighted by Crippen LogP contribution is -2.32. The number of benzene rings is 1. The molecule has 1 aliphatic rings. The molecule has 2 atom stereocenters. The summed E-state index contributed by atoms with van der Waals surface area (Å²) in [5, 5.41) is 2.97. The Morgan fingerprint density at radius 1 is 1.58 bits per heavy atom. The van der Waals surface area contributed by atoms with Crippen LogP contribution in [0, 0.1) is 12.8 Å². The number of nitrogens with two attached hydrogens (primary N) is 1. The number of halogens is 1. The largest absolute Gasteiger partial charge is 0.398 e. The average molecular weight is 327 g/mol. The summed E-state index contributed by atoms with van der Waals surface area (Å²) in [4.78, 5) is 12.2. The smallest absolute Gasteiger partial charge is 0.251 e. The van der Waals surface area contributed by atoms with Crippen LogP contribution in [0.15, 0.2) is 16.6 Å². The van der Waals surface area contributed by atoms with Crippen molar-refractivity contribution in [1.29, 1.82) is 0 Å². The van der Waals surface area contributed by atoms with E-state index in [1.807, 2.05) is 13.8 Å². The molecular formula is C14H19BrN2O2. The van der Waals surface area contributed by atoms with Gasteiger partial charge in [-0.1, -0.05) is 15.9 Å². The third-order valence-electron chi connectivity index (χ3n) is 3.72. The van der Waals surface area contributed by atoms with Gasteiger partial charge in [-0.2, -0.15) is 0 Å². The monoisotopic (exact) mass is 326 g/mol. The molecule has 19 heavy (non-hydrogen) atoms. The number of rotatable bonds is 3. The van der Waals surface area contributed by atoms with Gasteiger partial charge in [0.05, 0.1) is 6.10 Å². The minimum absolute atomic E-state index is 0.0791. The standard InChI is InChI=1S/C14H19BrN2O2/c1-8-12(5-11(15)6-13(8)16)14(18)17-7-10-3-4-19-9(10)2/h5-6,9-10H,3-4,7,16H2,1-2H3,(H,17,18). The van der Waals surface area contributed by atoms with Crippen molar-refractivity contribution in [2.45, 2.75) is 26.4 Å². The van der Waals surface area contributed by atoms with Crippen molar-refractivity contribution in [1.82, 2.24) is 5.32 Å². The molecule has 5 heteroatoms. The molecule has 0 aromatic heterocycles. The van der Waals surface area contributed by atoms with Crippen molar-refractivity contribution < 1.29 is 9.53 Å². The summed E-state index contributed by atoms with van der Waals surface area (Å²) in [5.41, 5.74) is 7.93. The fourth-order valence-corrected chi connectivity index (χ4v) is 2.77. The number of hydrogen-bond acceptors (Lipinski definition) is 3. The van der Waals surface area contributed by atoms with Gasteiger partial charge in [0.2, 0.25) is 0 Å². The Labute approximate surface area is 121 Å². The number of nitrogen functional groups attached to an aromatic ring is 1. The molecule has 1 heterocycles. The van der Waals surface area contributed by atoms with Crippen molar-refractivity contribution in [2.24, 2.45) is 5.92 Å². The van der Waals surface area contributed by atoms with E-state index in [0.717, 1.165) is 23.1 Å². The molecule has 2 unspecified atom stereocenters. The molecule has 104 valence electrons. The molecule has 0 saturated carbocycles. The first-order valence-electron chi connectivity index (χ1n) is 6.44. The normalized spacial score (nSPS) is 22.5. The van der Waals surface area contributed by atoms with E-state index < -0.39 is 0 Å². The van der Waals surface area contributed by atoms with Crippen molar-refractivity contribution in [3.05, 3.63) is 27.7 Å². The Bertz CT molecular complexity index is 491.